The quantitative estimate of drug-likeness (QED) is 0.871. The molecule has 2 heterocycles. The van der Waals surface area contributed by atoms with Crippen LogP contribution >= 0.6 is 0 Å². The second-order valence-corrected chi connectivity index (χ2v) is 5.01. The molecule has 0 radical (unpaired) electrons. The van der Waals surface area contributed by atoms with Gasteiger partial charge < -0.3 is 4.74 Å². The van der Waals surface area contributed by atoms with Crippen LogP contribution < -0.4 is 21.3 Å². The highest BCUT2D eigenvalue weighted by Crippen LogP contribution is 2.18. The molecule has 1 aromatic carbocycles. The van der Waals surface area contributed by atoms with Gasteiger partial charge in [-0.05, 0) is 37.6 Å². The molecule has 1 saturated heterocycles. The van der Waals surface area contributed by atoms with E-state index in [-0.39, 0.29) is 17.4 Å². The number of nitrogens with zero attached hydrogens (tertiary/aromatic N) is 2. The predicted octanol–water partition coefficient (Wildman–Crippen LogP) is 0.591. The number of aryl methyl sites for hydroxylation is 1. The van der Waals surface area contributed by atoms with E-state index in [1.807, 2.05) is 0 Å². The molecule has 1 unspecified atom stereocenters. The lowest BCUT2D eigenvalue weighted by molar-refractivity contribution is 0.414. The van der Waals surface area contributed by atoms with Crippen LogP contribution in [0.1, 0.15) is 19.0 Å². The van der Waals surface area contributed by atoms with Crippen molar-refractivity contribution < 1.29 is 4.74 Å². The first-order chi connectivity index (χ1) is 9.63. The molecule has 1 atom stereocenters. The van der Waals surface area contributed by atoms with E-state index in [1.54, 1.807) is 32.4 Å². The van der Waals surface area contributed by atoms with Crippen molar-refractivity contribution in [1.82, 2.24) is 14.5 Å². The maximum Gasteiger partial charge on any atom is 0.332 e. The maximum absolute atomic E-state index is 12.6. The highest BCUT2D eigenvalue weighted by molar-refractivity contribution is 5.79. The molecule has 1 aromatic heterocycles. The van der Waals surface area contributed by atoms with Crippen molar-refractivity contribution >= 4 is 10.9 Å². The minimum Gasteiger partial charge on any atom is -0.497 e. The number of nitrogens with one attached hydrogen (secondary N) is 1. The Kier molecular flexibility index (Phi) is 3.10. The highest BCUT2D eigenvalue weighted by Gasteiger charge is 2.22. The lowest BCUT2D eigenvalue weighted by Crippen LogP contribution is -2.44. The normalized spacial score (nSPS) is 18.6. The average molecular weight is 275 g/mol. The summed E-state index contributed by atoms with van der Waals surface area (Å²) in [4.78, 5) is 25.0. The second-order valence-electron chi connectivity index (χ2n) is 5.01. The molecule has 0 bridgehead atoms. The molecule has 1 fully saturated rings. The van der Waals surface area contributed by atoms with Crippen LogP contribution in [-0.2, 0) is 7.05 Å². The fourth-order valence-corrected chi connectivity index (χ4v) is 2.75. The van der Waals surface area contributed by atoms with Gasteiger partial charge in [0, 0.05) is 7.05 Å². The van der Waals surface area contributed by atoms with Gasteiger partial charge >= 0.3 is 5.69 Å². The van der Waals surface area contributed by atoms with Crippen molar-refractivity contribution in [1.29, 1.82) is 0 Å². The maximum atomic E-state index is 12.6. The Morgan fingerprint density at radius 2 is 2.15 bits per heavy atom. The van der Waals surface area contributed by atoms with E-state index in [0.29, 0.717) is 16.7 Å². The van der Waals surface area contributed by atoms with Crippen LogP contribution in [0.2, 0.25) is 0 Å². The first kappa shape index (κ1) is 12.9. The molecule has 106 valence electrons. The zero-order chi connectivity index (χ0) is 14.3. The SMILES string of the molecule is COc1ccc2c(c1)c(=O)n(C1CCCN1)c(=O)n2C. The summed E-state index contributed by atoms with van der Waals surface area (Å²) in [6.07, 6.45) is 1.55. The lowest BCUT2D eigenvalue weighted by atomic mass is 10.2. The average Bonchev–Trinajstić information content (AvgIpc) is 2.98. The Balaban J connectivity index is 2.35. The van der Waals surface area contributed by atoms with E-state index >= 15 is 0 Å². The highest BCUT2D eigenvalue weighted by atomic mass is 16.5. The Bertz CT molecular complexity index is 770. The van der Waals surface area contributed by atoms with E-state index in [1.165, 1.54) is 9.13 Å². The van der Waals surface area contributed by atoms with Gasteiger partial charge in [0.15, 0.2) is 0 Å². The molecule has 1 N–H and O–H groups in total. The summed E-state index contributed by atoms with van der Waals surface area (Å²) < 4.78 is 7.99. The minimum atomic E-state index is -0.285. The van der Waals surface area contributed by atoms with Gasteiger partial charge in [0.05, 0.1) is 24.2 Å². The molecule has 1 aliphatic heterocycles. The molecule has 0 aliphatic carbocycles. The number of fused-ring (bicyclic) bond motifs is 1. The van der Waals surface area contributed by atoms with Crippen LogP contribution in [0.3, 0.4) is 0 Å². The van der Waals surface area contributed by atoms with Gasteiger partial charge in [-0.3, -0.25) is 14.7 Å². The van der Waals surface area contributed by atoms with Gasteiger partial charge in [-0.25, -0.2) is 9.36 Å². The summed E-state index contributed by atoms with van der Waals surface area (Å²) in [5.41, 5.74) is 0.0727. The lowest BCUT2D eigenvalue weighted by Gasteiger charge is -2.16. The summed E-state index contributed by atoms with van der Waals surface area (Å²) in [6.45, 7) is 0.830. The van der Waals surface area contributed by atoms with E-state index in [9.17, 15) is 9.59 Å². The number of methoxy groups -OCH3 is 1. The van der Waals surface area contributed by atoms with Crippen molar-refractivity contribution in [3.63, 3.8) is 0 Å². The minimum absolute atomic E-state index is 0.211. The number of benzene rings is 1. The zero-order valence-electron chi connectivity index (χ0n) is 11.5. The van der Waals surface area contributed by atoms with E-state index in [2.05, 4.69) is 5.32 Å². The largest absolute Gasteiger partial charge is 0.497 e. The molecule has 6 nitrogen and oxygen atoms in total. The Morgan fingerprint density at radius 1 is 1.35 bits per heavy atom. The van der Waals surface area contributed by atoms with Gasteiger partial charge in [0.2, 0.25) is 0 Å². The number of ether oxygens (including phenoxy) is 1. The summed E-state index contributed by atoms with van der Waals surface area (Å²) in [5.74, 6) is 0.610. The van der Waals surface area contributed by atoms with Crippen LogP contribution in [0.4, 0.5) is 0 Å². The van der Waals surface area contributed by atoms with Crippen LogP contribution in [0, 0.1) is 0 Å². The fraction of sp³-hybridized carbons (Fsp3) is 0.429. The molecule has 0 amide bonds. The molecular formula is C14H17N3O3. The smallest absolute Gasteiger partial charge is 0.332 e. The number of aromatic nitrogens is 2. The standard InChI is InChI=1S/C14H17N3O3/c1-16-11-6-5-9(20-2)8-10(11)13(18)17(14(16)19)12-4-3-7-15-12/h5-6,8,12,15H,3-4,7H2,1-2H3. The third-order valence-electron chi connectivity index (χ3n) is 3.85. The van der Waals surface area contributed by atoms with Crippen molar-refractivity contribution in [3.8, 4) is 5.75 Å². The summed E-state index contributed by atoms with van der Waals surface area (Å²) >= 11 is 0. The van der Waals surface area contributed by atoms with Crippen LogP contribution in [-0.4, -0.2) is 22.8 Å². The third kappa shape index (κ3) is 1.84. The predicted molar refractivity (Wildman–Crippen MR) is 76.3 cm³/mol. The number of rotatable bonds is 2. The number of hydrogen-bond donors (Lipinski definition) is 1. The van der Waals surface area contributed by atoms with E-state index < -0.39 is 0 Å². The monoisotopic (exact) mass is 275 g/mol. The summed E-state index contributed by atoms with van der Waals surface area (Å²) in [7, 11) is 3.24. The summed E-state index contributed by atoms with van der Waals surface area (Å²) in [6, 6.07) is 5.17. The number of hydrogen-bond acceptors (Lipinski definition) is 4. The van der Waals surface area contributed by atoms with Gasteiger partial charge in [-0.15, -0.1) is 0 Å². The zero-order valence-corrected chi connectivity index (χ0v) is 11.5. The van der Waals surface area contributed by atoms with Crippen molar-refractivity contribution in [2.24, 2.45) is 7.05 Å². The summed E-state index contributed by atoms with van der Waals surface area (Å²) in [5, 5.41) is 3.69. The Hall–Kier alpha value is -2.08. The van der Waals surface area contributed by atoms with Crippen LogP contribution in [0.15, 0.2) is 27.8 Å². The first-order valence-corrected chi connectivity index (χ1v) is 6.66. The molecule has 20 heavy (non-hydrogen) atoms. The van der Waals surface area contributed by atoms with Crippen LogP contribution in [0.5, 0.6) is 5.75 Å². The van der Waals surface area contributed by atoms with Crippen molar-refractivity contribution in [2.75, 3.05) is 13.7 Å². The van der Waals surface area contributed by atoms with Crippen LogP contribution in [0.25, 0.3) is 10.9 Å². The van der Waals surface area contributed by atoms with Gasteiger partial charge in [-0.1, -0.05) is 0 Å². The third-order valence-corrected chi connectivity index (χ3v) is 3.85. The van der Waals surface area contributed by atoms with Gasteiger partial charge in [-0.2, -0.15) is 0 Å². The second kappa shape index (κ2) is 4.79. The molecule has 2 aromatic rings. The molecule has 6 heteroatoms. The first-order valence-electron chi connectivity index (χ1n) is 6.66. The van der Waals surface area contributed by atoms with Gasteiger partial charge in [0.1, 0.15) is 5.75 Å². The molecule has 3 rings (SSSR count). The molecular weight excluding hydrogens is 258 g/mol. The molecule has 0 saturated carbocycles. The fourth-order valence-electron chi connectivity index (χ4n) is 2.75. The topological polar surface area (TPSA) is 65.3 Å². The van der Waals surface area contributed by atoms with Crippen molar-refractivity contribution in [3.05, 3.63) is 39.0 Å². The van der Waals surface area contributed by atoms with Crippen molar-refractivity contribution in [2.45, 2.75) is 19.0 Å². The van der Waals surface area contributed by atoms with E-state index in [4.69, 9.17) is 4.74 Å². The molecule has 1 aliphatic rings. The van der Waals surface area contributed by atoms with E-state index in [0.717, 1.165) is 19.4 Å². The molecule has 0 spiro atoms. The Morgan fingerprint density at radius 3 is 2.80 bits per heavy atom. The Labute approximate surface area is 115 Å². The van der Waals surface area contributed by atoms with Gasteiger partial charge in [0.25, 0.3) is 5.56 Å².